The van der Waals surface area contributed by atoms with E-state index in [0.29, 0.717) is 172 Å². The van der Waals surface area contributed by atoms with Gasteiger partial charge in [0.15, 0.2) is 0 Å². The van der Waals surface area contributed by atoms with Gasteiger partial charge in [0.2, 0.25) is 17.7 Å². The molecule has 14 amide bonds. The number of carbonyl (C=O) groups is 14. The fourth-order valence-corrected chi connectivity index (χ4v) is 16.2. The highest BCUT2D eigenvalue weighted by molar-refractivity contribution is 9.09. The van der Waals surface area contributed by atoms with Crippen LogP contribution in [0.25, 0.3) is 0 Å². The van der Waals surface area contributed by atoms with Gasteiger partial charge in [-0.05, 0) is 109 Å². The number of primary amides is 3. The predicted molar refractivity (Wildman–Crippen MR) is 561 cm³/mol. The standard InChI is InChI=1S/C22H23N3O4.C21H32N4O5.C14H21N3O2.2C13H26N4O3.C12H16N2O2.C10H8BrNO2/c26-20-18-8-4-5-9-19(18)21(27)25(20)15-12-23-10-13-24(14-11-23)22(28)29-16-17-6-2-1-3-7-17;1-21(2,3)30-20(28)25(15-18(22)26)14-11-23-9-12-24(13-10-23)19(27)29-16-17-7-5-4-6-8-17;15-6-7-16-8-10-17(11-9-16)14(18)19-12-13-4-2-1-3-5-13;2*1-13(2,3)20-12(19)17(10-11(14)18)9-8-16-6-4-15-5-7-16;15-12(14-8-6-13-7-9-14)16-10-11-4-2-1-3-5-11;11-5-6-12-9(13)7-3-1-2-4-8(7)10(12)14/h1-9H,10-16H2;4-8H,9-16H2,1-3H3,(H2,22,26);1-5H,6-12,15H2;2*15H,4-10H2,1-3H3,(H2,14,18);1-5,13H,6-10H2;1-4H,5-6H2. The van der Waals surface area contributed by atoms with E-state index in [9.17, 15) is 67.1 Å². The molecule has 42 nitrogen and oxygen atoms in total. The third-order valence-electron chi connectivity index (χ3n) is 23.7. The normalized spacial score (nSPS) is 16.0. The maximum absolute atomic E-state index is 12.4. The fraction of sp³-hybridized carbons (Fsp3) is 0.524. The van der Waals surface area contributed by atoms with Crippen molar-refractivity contribution < 1.29 is 100 Å². The second kappa shape index (κ2) is 63.0. The fourth-order valence-electron chi connectivity index (χ4n) is 15.8. The van der Waals surface area contributed by atoms with E-state index in [1.165, 1.54) is 24.5 Å². The molecular weight excluding hydrogens is 1970 g/mol. The lowest BCUT2D eigenvalue weighted by molar-refractivity contribution is -0.120. The van der Waals surface area contributed by atoms with Crippen molar-refractivity contribution in [1.29, 1.82) is 0 Å². The van der Waals surface area contributed by atoms with E-state index in [2.05, 4.69) is 56.4 Å². The number of hydrogen-bond donors (Lipinski definition) is 7. The van der Waals surface area contributed by atoms with Gasteiger partial charge >= 0.3 is 42.7 Å². The van der Waals surface area contributed by atoms with Crippen molar-refractivity contribution in [2.24, 2.45) is 22.9 Å². The van der Waals surface area contributed by atoms with E-state index in [-0.39, 0.29) is 80.8 Å². The molecule has 8 aliphatic rings. The van der Waals surface area contributed by atoms with Crippen LogP contribution in [-0.4, -0.2) is 423 Å². The molecule has 0 saturated carbocycles. The van der Waals surface area contributed by atoms with E-state index in [4.69, 9.17) is 56.1 Å². The van der Waals surface area contributed by atoms with Crippen molar-refractivity contribution in [2.45, 2.75) is 106 Å². The number of fused-ring (bicyclic) bond motifs is 2. The molecule has 8 aliphatic heterocycles. The molecule has 0 spiro atoms. The van der Waals surface area contributed by atoms with Crippen LogP contribution in [0.5, 0.6) is 0 Å². The molecule has 11 N–H and O–H groups in total. The van der Waals surface area contributed by atoms with Crippen LogP contribution in [0.4, 0.5) is 33.6 Å². The van der Waals surface area contributed by atoms with Gasteiger partial charge in [-0.25, -0.2) is 33.6 Å². The van der Waals surface area contributed by atoms with E-state index in [0.717, 1.165) is 120 Å². The van der Waals surface area contributed by atoms with Gasteiger partial charge in [0, 0.05) is 234 Å². The summed E-state index contributed by atoms with van der Waals surface area (Å²) in [7, 11) is 0. The molecule has 14 rings (SSSR count). The SMILES string of the molecule is CC(C)(C)OC(=O)N(CCN1CCN(C(=O)OCc2ccccc2)CC1)CC(N)=O.CC(C)(C)OC(=O)N(CCN1CCNCC1)CC(N)=O.CC(C)(C)OC(=O)N(CCN1CCNCC1)CC(N)=O.NCCN1CCN(C(=O)OCc2ccccc2)CC1.O=C(OCc1ccccc1)N1CCN(CCN2C(=O)c3ccccc3C2=O)CC1.O=C(OCc1ccccc1)N1CCNCC1.O=C1c2ccccc2C(=O)N1CCBr. The minimum atomic E-state index is -0.654. The van der Waals surface area contributed by atoms with Crippen molar-refractivity contribution in [1.82, 2.24) is 84.5 Å². The Morgan fingerprint density at radius 2 is 0.520 bits per heavy atom. The van der Waals surface area contributed by atoms with Crippen LogP contribution < -0.4 is 38.9 Å². The van der Waals surface area contributed by atoms with E-state index >= 15 is 0 Å². The lowest BCUT2D eigenvalue weighted by Gasteiger charge is -2.35. The average molecular weight is 2120 g/mol. The number of rotatable bonds is 30. The molecule has 0 atom stereocenters. The molecule has 8 heterocycles. The van der Waals surface area contributed by atoms with Gasteiger partial charge in [0.25, 0.3) is 23.6 Å². The number of hydrogen-bond acceptors (Lipinski definition) is 30. The molecule has 0 bridgehead atoms. The van der Waals surface area contributed by atoms with Gasteiger partial charge < -0.3 is 91.6 Å². The lowest BCUT2D eigenvalue weighted by atomic mass is 10.1. The molecule has 6 aromatic carbocycles. The number of nitrogens with two attached hydrogens (primary N) is 4. The molecule has 0 aromatic heterocycles. The summed E-state index contributed by atoms with van der Waals surface area (Å²) in [6.07, 6.45) is -2.64. The number of piperazine rings is 6. The van der Waals surface area contributed by atoms with Crippen LogP contribution in [0.15, 0.2) is 170 Å². The molecule has 0 aliphatic carbocycles. The van der Waals surface area contributed by atoms with Gasteiger partial charge in [-0.2, -0.15) is 0 Å². The Morgan fingerprint density at radius 1 is 0.297 bits per heavy atom. The highest BCUT2D eigenvalue weighted by Crippen LogP contribution is 2.25. The van der Waals surface area contributed by atoms with Gasteiger partial charge in [-0.1, -0.05) is 162 Å². The predicted octanol–water partition coefficient (Wildman–Crippen LogP) is 6.93. The first-order valence-electron chi connectivity index (χ1n) is 50.3. The quantitative estimate of drug-likeness (QED) is 0.0136. The van der Waals surface area contributed by atoms with Gasteiger partial charge in [-0.3, -0.25) is 82.6 Å². The summed E-state index contributed by atoms with van der Waals surface area (Å²) in [5, 5.41) is 10.3. The van der Waals surface area contributed by atoms with Gasteiger partial charge in [0.05, 0.1) is 22.3 Å². The van der Waals surface area contributed by atoms with Crippen LogP contribution in [0.1, 0.15) is 126 Å². The molecular formula is C105H152BrN21O21. The Hall–Kier alpha value is -13.0. The Labute approximate surface area is 876 Å². The Kier molecular flexibility index (Phi) is 51.2. The van der Waals surface area contributed by atoms with Crippen LogP contribution in [0.2, 0.25) is 0 Å². The smallest absolute Gasteiger partial charge is 0.410 e. The largest absolute Gasteiger partial charge is 0.445 e. The third-order valence-corrected chi connectivity index (χ3v) is 24.1. The second-order valence-corrected chi connectivity index (χ2v) is 39.6. The first-order valence-corrected chi connectivity index (χ1v) is 51.4. The van der Waals surface area contributed by atoms with Gasteiger partial charge in [-0.15, -0.1) is 0 Å². The van der Waals surface area contributed by atoms with Crippen molar-refractivity contribution >= 4 is 99.9 Å². The summed E-state index contributed by atoms with van der Waals surface area (Å²) in [6, 6.07) is 52.4. The first-order chi connectivity index (χ1) is 70.7. The Bertz CT molecular complexity index is 5010. The molecule has 6 saturated heterocycles. The highest BCUT2D eigenvalue weighted by Gasteiger charge is 2.38. The van der Waals surface area contributed by atoms with E-state index < -0.39 is 52.8 Å². The van der Waals surface area contributed by atoms with E-state index in [1.54, 1.807) is 130 Å². The summed E-state index contributed by atoms with van der Waals surface area (Å²) < 4.78 is 37.2. The summed E-state index contributed by atoms with van der Waals surface area (Å²) in [4.78, 5) is 191. The average Bonchev–Trinajstić information content (AvgIpc) is 1.64. The van der Waals surface area contributed by atoms with Crippen molar-refractivity contribution in [2.75, 3.05) is 254 Å². The molecule has 810 valence electrons. The first kappa shape index (κ1) is 120. The monoisotopic (exact) mass is 2120 g/mol. The van der Waals surface area contributed by atoms with Crippen molar-refractivity contribution in [3.63, 3.8) is 0 Å². The minimum absolute atomic E-state index is 0.110. The van der Waals surface area contributed by atoms with Crippen LogP contribution in [-0.2, 0) is 74.0 Å². The van der Waals surface area contributed by atoms with Gasteiger partial charge in [0.1, 0.15) is 62.9 Å². The zero-order chi connectivity index (χ0) is 108. The number of imide groups is 2. The molecule has 0 radical (unpaired) electrons. The molecule has 6 fully saturated rings. The lowest BCUT2D eigenvalue weighted by Crippen LogP contribution is -2.51. The number of carbonyl (C=O) groups excluding carboxylic acids is 14. The zero-order valence-electron chi connectivity index (χ0n) is 87.1. The third kappa shape index (κ3) is 44.6. The minimum Gasteiger partial charge on any atom is -0.445 e. The second-order valence-electron chi connectivity index (χ2n) is 38.8. The molecule has 6 aromatic rings. The highest BCUT2D eigenvalue weighted by atomic mass is 79.9. The Morgan fingerprint density at radius 3 is 0.764 bits per heavy atom. The number of benzene rings is 6. The van der Waals surface area contributed by atoms with Crippen LogP contribution in [0, 0.1) is 0 Å². The van der Waals surface area contributed by atoms with Crippen molar-refractivity contribution in [3.8, 4) is 0 Å². The number of ether oxygens (including phenoxy) is 7. The Balaban J connectivity index is 0.000000214. The topological polar surface area (TPSA) is 489 Å². The number of amides is 14. The number of nitrogens with zero attached hydrogens (tertiary/aromatic N) is 14. The molecule has 43 heteroatoms. The van der Waals surface area contributed by atoms with Crippen LogP contribution in [0.3, 0.4) is 0 Å². The van der Waals surface area contributed by atoms with E-state index in [1.807, 2.05) is 121 Å². The molecule has 0 unspecified atom stereocenters. The number of nitrogens with one attached hydrogen (secondary N) is 3. The van der Waals surface area contributed by atoms with Crippen LogP contribution >= 0.6 is 15.9 Å². The summed E-state index contributed by atoms with van der Waals surface area (Å²) in [6.45, 7) is 41.7. The maximum Gasteiger partial charge on any atom is 0.410 e. The number of alkyl halides is 1. The maximum atomic E-state index is 12.4. The summed E-state index contributed by atoms with van der Waals surface area (Å²) >= 11 is 3.21. The summed E-state index contributed by atoms with van der Waals surface area (Å²) in [5.74, 6) is -2.49. The summed E-state index contributed by atoms with van der Waals surface area (Å²) in [5.41, 5.74) is 25.3. The van der Waals surface area contributed by atoms with Crippen molar-refractivity contribution in [3.05, 3.63) is 214 Å². The number of halogens is 1. The molecule has 148 heavy (non-hydrogen) atoms. The zero-order valence-corrected chi connectivity index (χ0v) is 88.7.